The van der Waals surface area contributed by atoms with Gasteiger partial charge in [-0.25, -0.2) is 0 Å². The van der Waals surface area contributed by atoms with Crippen molar-refractivity contribution >= 4 is 5.69 Å². The van der Waals surface area contributed by atoms with E-state index < -0.39 is 6.36 Å². The van der Waals surface area contributed by atoms with E-state index in [9.17, 15) is 13.2 Å². The van der Waals surface area contributed by atoms with Gasteiger partial charge in [0.15, 0.2) is 0 Å². The number of hydrogen-bond donors (Lipinski definition) is 2. The molecule has 0 fully saturated rings. The molecular weight excluding hydrogens is 235 g/mol. The minimum absolute atomic E-state index is 0.0578. The summed E-state index contributed by atoms with van der Waals surface area (Å²) < 4.78 is 39.4. The van der Waals surface area contributed by atoms with E-state index in [0.29, 0.717) is 12.2 Å². The Morgan fingerprint density at radius 1 is 1.29 bits per heavy atom. The Hall–Kier alpha value is -1.43. The molecule has 0 amide bonds. The lowest BCUT2D eigenvalue weighted by atomic mass is 10.2. The van der Waals surface area contributed by atoms with Gasteiger partial charge in [0, 0.05) is 18.8 Å². The quantitative estimate of drug-likeness (QED) is 0.842. The number of ether oxygens (including phenoxy) is 1. The SMILES string of the molecule is CC(CO)CNc1ccc(OC(F)(F)F)cc1. The molecule has 96 valence electrons. The van der Waals surface area contributed by atoms with Gasteiger partial charge in [-0.15, -0.1) is 13.2 Å². The molecule has 1 unspecified atom stereocenters. The minimum atomic E-state index is -4.67. The fourth-order valence-electron chi connectivity index (χ4n) is 1.13. The molecule has 1 aromatic carbocycles. The largest absolute Gasteiger partial charge is 0.573 e. The maximum atomic E-state index is 11.9. The van der Waals surface area contributed by atoms with Crippen LogP contribution in [0.15, 0.2) is 24.3 Å². The van der Waals surface area contributed by atoms with Crippen molar-refractivity contribution < 1.29 is 23.0 Å². The molecule has 0 radical (unpaired) electrons. The number of aliphatic hydroxyl groups excluding tert-OH is 1. The van der Waals surface area contributed by atoms with Crippen LogP contribution < -0.4 is 10.1 Å². The number of nitrogens with one attached hydrogen (secondary N) is 1. The van der Waals surface area contributed by atoms with E-state index in [-0.39, 0.29) is 18.3 Å². The summed E-state index contributed by atoms with van der Waals surface area (Å²) in [5, 5.41) is 11.8. The predicted octanol–water partition coefficient (Wildman–Crippen LogP) is 2.63. The summed E-state index contributed by atoms with van der Waals surface area (Å²) >= 11 is 0. The van der Waals surface area contributed by atoms with Gasteiger partial charge in [0.1, 0.15) is 5.75 Å². The monoisotopic (exact) mass is 249 g/mol. The third-order valence-corrected chi connectivity index (χ3v) is 2.05. The van der Waals surface area contributed by atoms with Crippen molar-refractivity contribution in [2.24, 2.45) is 5.92 Å². The van der Waals surface area contributed by atoms with Gasteiger partial charge in [-0.05, 0) is 30.2 Å². The van der Waals surface area contributed by atoms with E-state index >= 15 is 0 Å². The lowest BCUT2D eigenvalue weighted by Crippen LogP contribution is -2.17. The molecule has 0 spiro atoms. The van der Waals surface area contributed by atoms with Crippen LogP contribution in [0.5, 0.6) is 5.75 Å². The molecule has 0 aliphatic rings. The van der Waals surface area contributed by atoms with Crippen molar-refractivity contribution in [3.8, 4) is 5.75 Å². The highest BCUT2D eigenvalue weighted by atomic mass is 19.4. The Kier molecular flexibility index (Phi) is 4.62. The second kappa shape index (κ2) is 5.77. The van der Waals surface area contributed by atoms with Crippen molar-refractivity contribution in [3.63, 3.8) is 0 Å². The van der Waals surface area contributed by atoms with E-state index in [1.807, 2.05) is 6.92 Å². The van der Waals surface area contributed by atoms with Crippen molar-refractivity contribution in [1.29, 1.82) is 0 Å². The molecular formula is C11H14F3NO2. The lowest BCUT2D eigenvalue weighted by Gasteiger charge is -2.12. The van der Waals surface area contributed by atoms with E-state index in [1.165, 1.54) is 24.3 Å². The number of hydrogen-bond acceptors (Lipinski definition) is 3. The van der Waals surface area contributed by atoms with Crippen LogP contribution in [-0.4, -0.2) is 24.6 Å². The lowest BCUT2D eigenvalue weighted by molar-refractivity contribution is -0.274. The Labute approximate surface area is 97.2 Å². The summed E-state index contributed by atoms with van der Waals surface area (Å²) in [6, 6.07) is 5.45. The third kappa shape index (κ3) is 5.44. The zero-order chi connectivity index (χ0) is 12.9. The van der Waals surface area contributed by atoms with Gasteiger partial charge in [0.25, 0.3) is 0 Å². The van der Waals surface area contributed by atoms with Crippen LogP contribution in [0.3, 0.4) is 0 Å². The van der Waals surface area contributed by atoms with Gasteiger partial charge in [-0.1, -0.05) is 6.92 Å². The van der Waals surface area contributed by atoms with Gasteiger partial charge in [0.2, 0.25) is 0 Å². The second-order valence-corrected chi connectivity index (χ2v) is 3.74. The van der Waals surface area contributed by atoms with Gasteiger partial charge >= 0.3 is 6.36 Å². The van der Waals surface area contributed by atoms with Crippen LogP contribution in [0.4, 0.5) is 18.9 Å². The summed E-state index contributed by atoms with van der Waals surface area (Å²) in [5.41, 5.74) is 0.680. The van der Waals surface area contributed by atoms with Crippen molar-refractivity contribution in [2.75, 3.05) is 18.5 Å². The van der Waals surface area contributed by atoms with Crippen LogP contribution in [0.2, 0.25) is 0 Å². The summed E-state index contributed by atoms with van der Waals surface area (Å²) in [5.74, 6) is -0.167. The molecule has 0 heterocycles. The number of anilines is 1. The van der Waals surface area contributed by atoms with Gasteiger partial charge in [0.05, 0.1) is 0 Å². The topological polar surface area (TPSA) is 41.5 Å². The average molecular weight is 249 g/mol. The Bertz CT molecular complexity index is 338. The van der Waals surface area contributed by atoms with Crippen LogP contribution in [0, 0.1) is 5.92 Å². The first-order chi connectivity index (χ1) is 7.90. The van der Waals surface area contributed by atoms with Gasteiger partial charge in [-0.3, -0.25) is 0 Å². The number of halogens is 3. The summed E-state index contributed by atoms with van der Waals surface area (Å²) in [7, 11) is 0. The molecule has 1 atom stereocenters. The van der Waals surface area contributed by atoms with Crippen LogP contribution in [-0.2, 0) is 0 Å². The van der Waals surface area contributed by atoms with Gasteiger partial charge < -0.3 is 15.2 Å². The van der Waals surface area contributed by atoms with Gasteiger partial charge in [-0.2, -0.15) is 0 Å². The highest BCUT2D eigenvalue weighted by molar-refractivity contribution is 5.46. The first-order valence-corrected chi connectivity index (χ1v) is 5.11. The molecule has 0 saturated heterocycles. The zero-order valence-corrected chi connectivity index (χ0v) is 9.29. The fraction of sp³-hybridized carbons (Fsp3) is 0.455. The Morgan fingerprint density at radius 3 is 2.35 bits per heavy atom. The molecule has 0 aromatic heterocycles. The van der Waals surface area contributed by atoms with Crippen LogP contribution in [0.1, 0.15) is 6.92 Å². The number of rotatable bonds is 5. The average Bonchev–Trinajstić information content (AvgIpc) is 2.25. The molecule has 1 rings (SSSR count). The maximum Gasteiger partial charge on any atom is 0.573 e. The highest BCUT2D eigenvalue weighted by Gasteiger charge is 2.30. The Balaban J connectivity index is 2.50. The number of aliphatic hydroxyl groups is 1. The van der Waals surface area contributed by atoms with Crippen LogP contribution in [0.25, 0.3) is 0 Å². The molecule has 0 saturated carbocycles. The maximum absolute atomic E-state index is 11.9. The number of benzene rings is 1. The standard InChI is InChI=1S/C11H14F3NO2/c1-8(7-16)6-15-9-2-4-10(5-3-9)17-11(12,13)14/h2-5,8,15-16H,6-7H2,1H3. The summed E-state index contributed by atoms with van der Waals surface area (Å²) in [6.07, 6.45) is -4.67. The molecule has 0 aliphatic carbocycles. The first kappa shape index (κ1) is 13.6. The molecule has 1 aromatic rings. The smallest absolute Gasteiger partial charge is 0.406 e. The minimum Gasteiger partial charge on any atom is -0.406 e. The van der Waals surface area contributed by atoms with Crippen molar-refractivity contribution in [2.45, 2.75) is 13.3 Å². The fourth-order valence-corrected chi connectivity index (χ4v) is 1.13. The molecule has 2 N–H and O–H groups in total. The van der Waals surface area contributed by atoms with Crippen molar-refractivity contribution in [3.05, 3.63) is 24.3 Å². The van der Waals surface area contributed by atoms with E-state index in [2.05, 4.69) is 10.1 Å². The van der Waals surface area contributed by atoms with Crippen LogP contribution >= 0.6 is 0 Å². The number of alkyl halides is 3. The van der Waals surface area contributed by atoms with Crippen molar-refractivity contribution in [1.82, 2.24) is 0 Å². The van der Waals surface area contributed by atoms with E-state index in [1.54, 1.807) is 0 Å². The van der Waals surface area contributed by atoms with E-state index in [0.717, 1.165) is 0 Å². The summed E-state index contributed by atoms with van der Waals surface area (Å²) in [6.45, 7) is 2.46. The summed E-state index contributed by atoms with van der Waals surface area (Å²) in [4.78, 5) is 0. The normalized spacial score (nSPS) is 13.2. The zero-order valence-electron chi connectivity index (χ0n) is 9.29. The molecule has 3 nitrogen and oxygen atoms in total. The molecule has 17 heavy (non-hydrogen) atoms. The first-order valence-electron chi connectivity index (χ1n) is 5.11. The molecule has 0 bridgehead atoms. The van der Waals surface area contributed by atoms with E-state index in [4.69, 9.17) is 5.11 Å². The molecule has 6 heteroatoms. The Morgan fingerprint density at radius 2 is 1.88 bits per heavy atom. The molecule has 0 aliphatic heterocycles. The predicted molar refractivity (Wildman–Crippen MR) is 57.9 cm³/mol. The second-order valence-electron chi connectivity index (χ2n) is 3.74. The highest BCUT2D eigenvalue weighted by Crippen LogP contribution is 2.23. The third-order valence-electron chi connectivity index (χ3n) is 2.05.